The molecule has 2 aliphatic heterocycles. The zero-order valence-corrected chi connectivity index (χ0v) is 23.9. The van der Waals surface area contributed by atoms with Crippen LogP contribution < -0.4 is 5.73 Å². The molecule has 0 bridgehead atoms. The fourth-order valence-electron chi connectivity index (χ4n) is 6.14. The first-order valence-corrected chi connectivity index (χ1v) is 17.2. The first-order valence-electron chi connectivity index (χ1n) is 12.7. The Morgan fingerprint density at radius 1 is 1.00 bits per heavy atom. The lowest BCUT2D eigenvalue weighted by atomic mass is 10.1. The molecule has 190 valence electrons. The van der Waals surface area contributed by atoms with E-state index in [-0.39, 0.29) is 6.10 Å². The van der Waals surface area contributed by atoms with Crippen LogP contribution in [0.25, 0.3) is 11.2 Å². The number of aliphatic hydroxyl groups is 1. The third kappa shape index (κ3) is 3.96. The summed E-state index contributed by atoms with van der Waals surface area (Å²) in [5.41, 5.74) is 10.6. The van der Waals surface area contributed by atoms with Crippen LogP contribution in [0.3, 0.4) is 0 Å². The van der Waals surface area contributed by atoms with Crippen molar-refractivity contribution in [2.75, 3.05) is 12.3 Å². The van der Waals surface area contributed by atoms with Crippen LogP contribution in [0.4, 0.5) is 5.69 Å². The zero-order valence-electron chi connectivity index (χ0n) is 21.9. The molecular weight excluding hydrogens is 464 g/mol. The van der Waals surface area contributed by atoms with Crippen LogP contribution in [0.2, 0.25) is 27.8 Å². The molecule has 10 heteroatoms. The van der Waals surface area contributed by atoms with Gasteiger partial charge in [-0.15, -0.1) is 0 Å². The maximum Gasteiger partial charge on any atom is 0.198 e. The second kappa shape index (κ2) is 9.29. The molecule has 3 N–H and O–H groups in total. The minimum Gasteiger partial charge on any atom is -0.414 e. The summed E-state index contributed by atoms with van der Waals surface area (Å²) in [7, 11) is -4.52. The molecule has 0 spiro atoms. The second-order valence-electron chi connectivity index (χ2n) is 11.4. The van der Waals surface area contributed by atoms with Crippen molar-refractivity contribution < 1.29 is 18.7 Å². The first-order chi connectivity index (χ1) is 15.9. The fraction of sp³-hybridized carbons (Fsp3) is 0.750. The lowest BCUT2D eigenvalue weighted by Gasteiger charge is -2.51. The number of aliphatic hydroxyl groups excluding tert-OH is 1. The predicted molar refractivity (Wildman–Crippen MR) is 139 cm³/mol. The van der Waals surface area contributed by atoms with Gasteiger partial charge in [0.25, 0.3) is 0 Å². The Hall–Kier alpha value is -1.31. The standard InChI is InChI=1S/C24H42N4O4Si2/c1-14(2)33(15(3)4)13-34(16(5)6,17(7)8)32-22-19(11-30-33)31-24(21(22)29)28-12-27-20-18(25)9-10-26-23(20)28/h9-10,12,14-17,19,21-22,24,29H,11,13H2,1-8H3,(H2,25,26)/t19-,21?,22?,24-/m1/s1. The average molecular weight is 507 g/mol. The average Bonchev–Trinajstić information content (AvgIpc) is 3.29. The molecule has 2 unspecified atom stereocenters. The molecule has 0 aliphatic carbocycles. The van der Waals surface area contributed by atoms with Crippen LogP contribution in [0.5, 0.6) is 0 Å². The van der Waals surface area contributed by atoms with E-state index in [2.05, 4.69) is 65.4 Å². The molecule has 34 heavy (non-hydrogen) atoms. The fourth-order valence-corrected chi connectivity index (χ4v) is 22.0. The number of imidazole rings is 1. The zero-order chi connectivity index (χ0) is 25.0. The van der Waals surface area contributed by atoms with E-state index in [9.17, 15) is 5.11 Å². The van der Waals surface area contributed by atoms with Crippen molar-refractivity contribution in [3.8, 4) is 0 Å². The number of nitrogens with two attached hydrogens (primary N) is 1. The Morgan fingerprint density at radius 3 is 2.21 bits per heavy atom. The van der Waals surface area contributed by atoms with Crippen molar-refractivity contribution in [1.82, 2.24) is 14.5 Å². The number of hydrogen-bond acceptors (Lipinski definition) is 7. The largest absolute Gasteiger partial charge is 0.414 e. The minimum atomic E-state index is -2.35. The predicted octanol–water partition coefficient (Wildman–Crippen LogP) is 4.76. The molecule has 4 rings (SSSR count). The Morgan fingerprint density at radius 2 is 1.62 bits per heavy atom. The molecule has 2 aromatic rings. The smallest absolute Gasteiger partial charge is 0.198 e. The molecule has 0 radical (unpaired) electrons. The normalized spacial score (nSPS) is 29.2. The minimum absolute atomic E-state index is 0.354. The van der Waals surface area contributed by atoms with Gasteiger partial charge in [0.15, 0.2) is 28.5 Å². The molecule has 2 saturated heterocycles. The summed E-state index contributed by atoms with van der Waals surface area (Å²) >= 11 is 0. The quantitative estimate of drug-likeness (QED) is 0.563. The van der Waals surface area contributed by atoms with Gasteiger partial charge < -0.3 is 24.4 Å². The Labute approximate surface area is 205 Å². The van der Waals surface area contributed by atoms with Gasteiger partial charge in [-0.3, -0.25) is 4.57 Å². The van der Waals surface area contributed by atoms with E-state index >= 15 is 0 Å². The van der Waals surface area contributed by atoms with E-state index in [0.29, 0.717) is 45.6 Å². The van der Waals surface area contributed by atoms with Gasteiger partial charge in [-0.1, -0.05) is 55.4 Å². The van der Waals surface area contributed by atoms with Crippen LogP contribution in [0.1, 0.15) is 61.6 Å². The highest BCUT2D eigenvalue weighted by Gasteiger charge is 2.60. The molecular formula is C24H42N4O4Si2. The summed E-state index contributed by atoms with van der Waals surface area (Å²) in [6.07, 6.45) is 0.986. The summed E-state index contributed by atoms with van der Waals surface area (Å²) in [6.45, 7) is 18.8. The summed E-state index contributed by atoms with van der Waals surface area (Å²) in [4.78, 5) is 8.90. The maximum atomic E-state index is 11.6. The van der Waals surface area contributed by atoms with E-state index in [1.54, 1.807) is 23.2 Å². The van der Waals surface area contributed by atoms with Crippen molar-refractivity contribution in [3.05, 3.63) is 18.6 Å². The summed E-state index contributed by atoms with van der Waals surface area (Å²) in [6, 6.07) is 1.73. The highest BCUT2D eigenvalue weighted by Crippen LogP contribution is 2.51. The molecule has 4 atom stereocenters. The van der Waals surface area contributed by atoms with E-state index in [4.69, 9.17) is 19.3 Å². The van der Waals surface area contributed by atoms with Crippen LogP contribution in [-0.4, -0.2) is 61.2 Å². The topological polar surface area (TPSA) is 105 Å². The molecule has 0 aromatic carbocycles. The van der Waals surface area contributed by atoms with E-state index < -0.39 is 35.1 Å². The molecule has 2 fully saturated rings. The third-order valence-corrected chi connectivity index (χ3v) is 22.1. The summed E-state index contributed by atoms with van der Waals surface area (Å²) in [5, 5.41) is 11.6. The van der Waals surface area contributed by atoms with Crippen LogP contribution >= 0.6 is 0 Å². The van der Waals surface area contributed by atoms with Crippen molar-refractivity contribution in [3.63, 3.8) is 0 Å². The van der Waals surface area contributed by atoms with Crippen LogP contribution in [0, 0.1) is 0 Å². The van der Waals surface area contributed by atoms with Crippen molar-refractivity contribution in [1.29, 1.82) is 0 Å². The molecule has 8 nitrogen and oxygen atoms in total. The van der Waals surface area contributed by atoms with Crippen molar-refractivity contribution >= 4 is 33.5 Å². The van der Waals surface area contributed by atoms with Gasteiger partial charge in [0, 0.05) is 6.20 Å². The van der Waals surface area contributed by atoms with Crippen LogP contribution in [0.15, 0.2) is 18.6 Å². The lowest BCUT2D eigenvalue weighted by molar-refractivity contribution is -0.0497. The number of nitrogen functional groups attached to an aromatic ring is 1. The highest BCUT2D eigenvalue weighted by atomic mass is 28.4. The molecule has 4 heterocycles. The number of aromatic nitrogens is 3. The van der Waals surface area contributed by atoms with Gasteiger partial charge in [0.1, 0.15) is 23.8 Å². The van der Waals surface area contributed by atoms with Crippen LogP contribution in [-0.2, 0) is 13.6 Å². The Bertz CT molecular complexity index is 996. The van der Waals surface area contributed by atoms with Gasteiger partial charge in [0.2, 0.25) is 0 Å². The monoisotopic (exact) mass is 506 g/mol. The van der Waals surface area contributed by atoms with Gasteiger partial charge in [-0.2, -0.15) is 0 Å². The summed E-state index contributed by atoms with van der Waals surface area (Å²) < 4.78 is 22.5. The number of hydrogen-bond donors (Lipinski definition) is 2. The van der Waals surface area contributed by atoms with Gasteiger partial charge in [-0.25, -0.2) is 9.97 Å². The van der Waals surface area contributed by atoms with E-state index in [1.807, 2.05) is 0 Å². The Kier molecular flexibility index (Phi) is 7.04. The lowest BCUT2D eigenvalue weighted by Crippen LogP contribution is -2.62. The van der Waals surface area contributed by atoms with Gasteiger partial charge in [0.05, 0.1) is 18.6 Å². The number of rotatable bonds is 5. The number of fused-ring (bicyclic) bond motifs is 2. The maximum absolute atomic E-state index is 11.6. The Balaban J connectivity index is 1.77. The third-order valence-electron chi connectivity index (χ3n) is 8.41. The number of nitrogens with zero attached hydrogens (tertiary/aromatic N) is 3. The highest BCUT2D eigenvalue weighted by molar-refractivity contribution is 6.94. The van der Waals surface area contributed by atoms with Crippen molar-refractivity contribution in [2.45, 2.75) is 108 Å². The molecule has 2 aliphatic rings. The number of anilines is 1. The SMILES string of the molecule is CC(C)[Si]1(C(C)C)C[Si](C(C)C)(C(C)C)OC2C(O)[C@H](n3cnc4c(N)ccnc43)O[C@@H]2CO1. The summed E-state index contributed by atoms with van der Waals surface area (Å²) in [5.74, 6) is 0. The number of pyridine rings is 1. The van der Waals surface area contributed by atoms with Crippen molar-refractivity contribution in [2.24, 2.45) is 0 Å². The first kappa shape index (κ1) is 25.8. The second-order valence-corrected chi connectivity index (χ2v) is 21.8. The van der Waals surface area contributed by atoms with Gasteiger partial charge >= 0.3 is 0 Å². The van der Waals surface area contributed by atoms with E-state index in [0.717, 1.165) is 5.67 Å². The van der Waals surface area contributed by atoms with E-state index in [1.165, 1.54) is 0 Å². The molecule has 2 aromatic heterocycles. The number of ether oxygens (including phenoxy) is 1. The molecule has 0 saturated carbocycles. The van der Waals surface area contributed by atoms with Gasteiger partial charge in [-0.05, 0) is 33.9 Å². The molecule has 0 amide bonds.